The van der Waals surface area contributed by atoms with Crippen molar-refractivity contribution < 1.29 is 4.79 Å². The number of pyridine rings is 1. The summed E-state index contributed by atoms with van der Waals surface area (Å²) < 4.78 is 5.66. The average molecular weight is 362 g/mol. The van der Waals surface area contributed by atoms with Crippen LogP contribution in [0.25, 0.3) is 5.52 Å². The van der Waals surface area contributed by atoms with Crippen LogP contribution in [-0.2, 0) is 13.1 Å². The number of fused-ring (bicyclic) bond motifs is 2. The lowest BCUT2D eigenvalue weighted by Crippen LogP contribution is -2.41. The molecular formula is C18H18N8O. The lowest BCUT2D eigenvalue weighted by molar-refractivity contribution is 0.0638. The molecule has 1 amide bonds. The number of aromatic nitrogens is 7. The fourth-order valence-corrected chi connectivity index (χ4v) is 3.70. The first kappa shape index (κ1) is 15.7. The van der Waals surface area contributed by atoms with Crippen LogP contribution in [-0.4, -0.2) is 51.3 Å². The summed E-state index contributed by atoms with van der Waals surface area (Å²) in [6.45, 7) is 3.95. The van der Waals surface area contributed by atoms with E-state index in [1.165, 1.54) is 6.33 Å². The van der Waals surface area contributed by atoms with Gasteiger partial charge in [-0.25, -0.2) is 19.2 Å². The molecule has 136 valence electrons. The topological polar surface area (TPSA) is 86.1 Å². The fraction of sp³-hybridized carbons (Fsp3) is 0.278. The second-order valence-electron chi connectivity index (χ2n) is 6.62. The average Bonchev–Trinajstić information content (AvgIpc) is 3.42. The minimum absolute atomic E-state index is 0.0178. The summed E-state index contributed by atoms with van der Waals surface area (Å²) in [4.78, 5) is 23.6. The molecule has 0 N–H and O–H groups in total. The highest BCUT2D eigenvalue weighted by molar-refractivity contribution is 6.00. The van der Waals surface area contributed by atoms with E-state index >= 15 is 0 Å². The van der Waals surface area contributed by atoms with Crippen LogP contribution < -0.4 is 0 Å². The normalized spacial score (nSPS) is 16.6. The first-order valence-corrected chi connectivity index (χ1v) is 8.82. The van der Waals surface area contributed by atoms with Crippen molar-refractivity contribution >= 4 is 11.4 Å². The van der Waals surface area contributed by atoms with Crippen molar-refractivity contribution in [3.63, 3.8) is 0 Å². The maximum Gasteiger partial charge on any atom is 0.258 e. The third-order valence-electron chi connectivity index (χ3n) is 5.08. The molecule has 1 unspecified atom stereocenters. The molecule has 0 bridgehead atoms. The van der Waals surface area contributed by atoms with Crippen LogP contribution in [0.2, 0.25) is 0 Å². The lowest BCUT2D eigenvalue weighted by atomic mass is 10.1. The summed E-state index contributed by atoms with van der Waals surface area (Å²) in [6.07, 6.45) is 8.55. The van der Waals surface area contributed by atoms with Gasteiger partial charge in [0.2, 0.25) is 0 Å². The quantitative estimate of drug-likeness (QED) is 0.550. The minimum Gasteiger partial charge on any atom is -0.327 e. The number of rotatable bonds is 3. The molecule has 9 nitrogen and oxygen atoms in total. The van der Waals surface area contributed by atoms with Gasteiger partial charge in [-0.15, -0.1) is 0 Å². The van der Waals surface area contributed by atoms with Gasteiger partial charge in [0.25, 0.3) is 5.91 Å². The van der Waals surface area contributed by atoms with E-state index in [2.05, 4.69) is 24.7 Å². The molecule has 5 heterocycles. The number of carbonyl (C=O) groups is 1. The standard InChI is InChI=1S/C18H18N8O/c1-13-17-20-8-14(10-23-12-19-11-22-23)25(17)7-6-24(13)18(27)15-9-21-26-5-3-2-4-16(15)26/h2-5,8-9,11-13H,6-7,10H2,1H3. The molecule has 1 atom stereocenters. The zero-order chi connectivity index (χ0) is 18.4. The van der Waals surface area contributed by atoms with Gasteiger partial charge in [-0.3, -0.25) is 4.79 Å². The highest BCUT2D eigenvalue weighted by Gasteiger charge is 2.32. The molecule has 0 aliphatic carbocycles. The Labute approximate surface area is 154 Å². The Balaban J connectivity index is 1.44. The van der Waals surface area contributed by atoms with E-state index in [0.29, 0.717) is 25.2 Å². The number of hydrogen-bond acceptors (Lipinski definition) is 5. The van der Waals surface area contributed by atoms with Crippen LogP contribution >= 0.6 is 0 Å². The molecule has 1 aliphatic rings. The van der Waals surface area contributed by atoms with Crippen LogP contribution in [0.4, 0.5) is 0 Å². The Morgan fingerprint density at radius 2 is 2.15 bits per heavy atom. The Bertz CT molecular complexity index is 1110. The van der Waals surface area contributed by atoms with Crippen molar-refractivity contribution in [2.45, 2.75) is 26.1 Å². The van der Waals surface area contributed by atoms with Crippen LogP contribution in [0, 0.1) is 0 Å². The van der Waals surface area contributed by atoms with Gasteiger partial charge in [0.15, 0.2) is 0 Å². The van der Waals surface area contributed by atoms with Crippen molar-refractivity contribution in [1.82, 2.24) is 38.8 Å². The minimum atomic E-state index is -0.116. The van der Waals surface area contributed by atoms with Crippen molar-refractivity contribution in [2.75, 3.05) is 6.54 Å². The SMILES string of the molecule is CC1c2ncc(Cn3cncn3)n2CCN1C(=O)c1cnn2ccccc12. The number of carbonyl (C=O) groups excluding carboxylic acids is 1. The summed E-state index contributed by atoms with van der Waals surface area (Å²) >= 11 is 0. The van der Waals surface area contributed by atoms with E-state index in [9.17, 15) is 4.79 Å². The van der Waals surface area contributed by atoms with E-state index < -0.39 is 0 Å². The van der Waals surface area contributed by atoms with E-state index in [1.807, 2.05) is 42.4 Å². The Morgan fingerprint density at radius 1 is 1.22 bits per heavy atom. The molecule has 0 saturated carbocycles. The molecule has 4 aromatic heterocycles. The van der Waals surface area contributed by atoms with Crippen LogP contribution in [0.1, 0.15) is 34.8 Å². The Morgan fingerprint density at radius 3 is 3.00 bits per heavy atom. The largest absolute Gasteiger partial charge is 0.327 e. The van der Waals surface area contributed by atoms with E-state index in [4.69, 9.17) is 0 Å². The molecule has 0 radical (unpaired) electrons. The summed E-state index contributed by atoms with van der Waals surface area (Å²) in [7, 11) is 0. The number of amides is 1. The second kappa shape index (κ2) is 6.04. The second-order valence-corrected chi connectivity index (χ2v) is 6.62. The summed E-state index contributed by atoms with van der Waals surface area (Å²) in [5.41, 5.74) is 2.49. The third kappa shape index (κ3) is 2.50. The number of hydrogen-bond donors (Lipinski definition) is 0. The summed E-state index contributed by atoms with van der Waals surface area (Å²) in [6, 6.07) is 5.60. The molecular weight excluding hydrogens is 344 g/mol. The van der Waals surface area contributed by atoms with Crippen LogP contribution in [0.5, 0.6) is 0 Å². The zero-order valence-corrected chi connectivity index (χ0v) is 14.8. The van der Waals surface area contributed by atoms with Gasteiger partial charge in [0.1, 0.15) is 18.5 Å². The fourth-order valence-electron chi connectivity index (χ4n) is 3.70. The van der Waals surface area contributed by atoms with Crippen LogP contribution in [0.3, 0.4) is 0 Å². The van der Waals surface area contributed by atoms with Crippen molar-refractivity contribution in [3.05, 3.63) is 66.5 Å². The molecule has 5 rings (SSSR count). The monoisotopic (exact) mass is 362 g/mol. The molecule has 0 spiro atoms. The molecule has 0 saturated heterocycles. The van der Waals surface area contributed by atoms with Gasteiger partial charge in [-0.1, -0.05) is 6.07 Å². The smallest absolute Gasteiger partial charge is 0.258 e. The molecule has 0 fully saturated rings. The van der Waals surface area contributed by atoms with E-state index in [1.54, 1.807) is 21.7 Å². The van der Waals surface area contributed by atoms with Crippen molar-refractivity contribution in [3.8, 4) is 0 Å². The first-order chi connectivity index (χ1) is 13.2. The Kier molecular flexibility index (Phi) is 3.52. The van der Waals surface area contributed by atoms with E-state index in [0.717, 1.165) is 17.0 Å². The van der Waals surface area contributed by atoms with Crippen molar-refractivity contribution in [2.24, 2.45) is 0 Å². The highest BCUT2D eigenvalue weighted by Crippen LogP contribution is 2.28. The van der Waals surface area contributed by atoms with E-state index in [-0.39, 0.29) is 11.9 Å². The van der Waals surface area contributed by atoms with Gasteiger partial charge in [0.05, 0.1) is 41.8 Å². The van der Waals surface area contributed by atoms with Gasteiger partial charge < -0.3 is 9.47 Å². The molecule has 27 heavy (non-hydrogen) atoms. The Hall–Kier alpha value is -3.49. The van der Waals surface area contributed by atoms with Gasteiger partial charge in [-0.2, -0.15) is 10.2 Å². The third-order valence-corrected chi connectivity index (χ3v) is 5.08. The molecule has 1 aliphatic heterocycles. The first-order valence-electron chi connectivity index (χ1n) is 8.82. The van der Waals surface area contributed by atoms with Gasteiger partial charge in [-0.05, 0) is 19.1 Å². The summed E-state index contributed by atoms with van der Waals surface area (Å²) in [5.74, 6) is 0.872. The maximum atomic E-state index is 13.2. The molecule has 9 heteroatoms. The molecule has 4 aromatic rings. The predicted octanol–water partition coefficient (Wildman–Crippen LogP) is 1.39. The number of imidazole rings is 1. The van der Waals surface area contributed by atoms with Gasteiger partial charge >= 0.3 is 0 Å². The van der Waals surface area contributed by atoms with Gasteiger partial charge in [0, 0.05) is 19.3 Å². The zero-order valence-electron chi connectivity index (χ0n) is 14.8. The highest BCUT2D eigenvalue weighted by atomic mass is 16.2. The van der Waals surface area contributed by atoms with Crippen molar-refractivity contribution in [1.29, 1.82) is 0 Å². The lowest BCUT2D eigenvalue weighted by Gasteiger charge is -2.34. The van der Waals surface area contributed by atoms with Crippen LogP contribution in [0.15, 0.2) is 49.4 Å². The molecule has 0 aromatic carbocycles. The number of nitrogens with zero attached hydrogens (tertiary/aromatic N) is 8. The maximum absolute atomic E-state index is 13.2. The summed E-state index contributed by atoms with van der Waals surface area (Å²) in [5, 5.41) is 8.44. The predicted molar refractivity (Wildman–Crippen MR) is 96.0 cm³/mol.